The van der Waals surface area contributed by atoms with Gasteiger partial charge in [-0.05, 0) is 48.9 Å². The van der Waals surface area contributed by atoms with Crippen molar-refractivity contribution >= 4 is 33.9 Å². The van der Waals surface area contributed by atoms with E-state index in [2.05, 4.69) is 20.6 Å². The molecule has 0 aliphatic carbocycles. The van der Waals surface area contributed by atoms with Gasteiger partial charge >= 0.3 is 6.18 Å². The molecular formula is C18H15F3N4OS. The highest BCUT2D eigenvalue weighted by molar-refractivity contribution is 7.13. The van der Waals surface area contributed by atoms with Crippen LogP contribution in [0.4, 0.5) is 29.8 Å². The Kier molecular flexibility index (Phi) is 5.41. The smallest absolute Gasteiger partial charge is 0.326 e. The monoisotopic (exact) mass is 392 g/mol. The van der Waals surface area contributed by atoms with Gasteiger partial charge in [0.25, 0.3) is 0 Å². The number of aryl methyl sites for hydroxylation is 1. The summed E-state index contributed by atoms with van der Waals surface area (Å²) in [5.41, 5.74) is 1.14. The van der Waals surface area contributed by atoms with Gasteiger partial charge in [0.15, 0.2) is 5.13 Å². The number of anilines is 3. The summed E-state index contributed by atoms with van der Waals surface area (Å²) >= 11 is 1.34. The van der Waals surface area contributed by atoms with Gasteiger partial charge in [0.05, 0.1) is 17.7 Å². The highest BCUT2D eigenvalue weighted by atomic mass is 32.1. The molecule has 1 aromatic carbocycles. The van der Waals surface area contributed by atoms with Gasteiger partial charge in [-0.25, -0.2) is 9.97 Å². The van der Waals surface area contributed by atoms with Crippen molar-refractivity contribution in [2.24, 2.45) is 0 Å². The molecule has 5 nitrogen and oxygen atoms in total. The first-order valence-corrected chi connectivity index (χ1v) is 8.79. The molecule has 0 unspecified atom stereocenters. The van der Waals surface area contributed by atoms with E-state index in [4.69, 9.17) is 0 Å². The maximum absolute atomic E-state index is 12.5. The van der Waals surface area contributed by atoms with Crippen molar-refractivity contribution < 1.29 is 18.0 Å². The second-order valence-corrected chi connectivity index (χ2v) is 6.65. The zero-order valence-electron chi connectivity index (χ0n) is 14.2. The Morgan fingerprint density at radius 1 is 1.19 bits per heavy atom. The van der Waals surface area contributed by atoms with Crippen LogP contribution in [0.1, 0.15) is 16.8 Å². The molecule has 0 aliphatic rings. The van der Waals surface area contributed by atoms with E-state index in [9.17, 15) is 18.0 Å². The number of nitrogens with zero attached hydrogens (tertiary/aromatic N) is 2. The third-order valence-corrected chi connectivity index (χ3v) is 4.35. The fraction of sp³-hybridized carbons (Fsp3) is 0.167. The number of hydrogen-bond donors (Lipinski definition) is 2. The van der Waals surface area contributed by atoms with Crippen molar-refractivity contribution in [2.45, 2.75) is 19.5 Å². The zero-order valence-corrected chi connectivity index (χ0v) is 15.0. The van der Waals surface area contributed by atoms with E-state index >= 15 is 0 Å². The van der Waals surface area contributed by atoms with Gasteiger partial charge in [-0.3, -0.25) is 4.79 Å². The van der Waals surface area contributed by atoms with Gasteiger partial charge in [-0.2, -0.15) is 13.2 Å². The first-order chi connectivity index (χ1) is 12.8. The minimum atomic E-state index is -4.40. The quantitative estimate of drug-likeness (QED) is 0.655. The van der Waals surface area contributed by atoms with Crippen LogP contribution in [0.25, 0.3) is 0 Å². The maximum atomic E-state index is 12.5. The summed E-state index contributed by atoms with van der Waals surface area (Å²) in [7, 11) is 0. The molecule has 0 radical (unpaired) electrons. The van der Waals surface area contributed by atoms with Crippen LogP contribution in [0.2, 0.25) is 0 Å². The number of halogens is 3. The Bertz CT molecular complexity index is 938. The number of amides is 1. The second kappa shape index (κ2) is 7.75. The Morgan fingerprint density at radius 2 is 1.93 bits per heavy atom. The number of alkyl halides is 3. The van der Waals surface area contributed by atoms with Gasteiger partial charge in [0, 0.05) is 17.3 Å². The molecule has 0 atom stereocenters. The standard InChI is InChI=1S/C18H15F3N4OS/c1-11-6-7-22-15(8-11)25-17-24-14(10-27-17)9-16(26)23-13-4-2-12(3-5-13)18(19,20)21/h2-8,10H,9H2,1H3,(H,23,26)(H,22,24,25). The van der Waals surface area contributed by atoms with Crippen LogP contribution in [0, 0.1) is 6.92 Å². The minimum absolute atomic E-state index is 0.0143. The predicted octanol–water partition coefficient (Wildman–Crippen LogP) is 4.79. The van der Waals surface area contributed by atoms with Gasteiger partial charge < -0.3 is 10.6 Å². The lowest BCUT2D eigenvalue weighted by Crippen LogP contribution is -2.15. The van der Waals surface area contributed by atoms with Crippen molar-refractivity contribution in [1.29, 1.82) is 0 Å². The number of carbonyl (C=O) groups excluding carboxylic acids is 1. The number of rotatable bonds is 5. The highest BCUT2D eigenvalue weighted by Crippen LogP contribution is 2.29. The van der Waals surface area contributed by atoms with Crippen LogP contribution < -0.4 is 10.6 Å². The third-order valence-electron chi connectivity index (χ3n) is 3.54. The molecule has 2 heterocycles. The molecule has 9 heteroatoms. The van der Waals surface area contributed by atoms with E-state index in [0.29, 0.717) is 22.3 Å². The molecule has 140 valence electrons. The largest absolute Gasteiger partial charge is 0.416 e. The third kappa shape index (κ3) is 5.27. The molecule has 27 heavy (non-hydrogen) atoms. The van der Waals surface area contributed by atoms with Crippen molar-refractivity contribution in [3.63, 3.8) is 0 Å². The Morgan fingerprint density at radius 3 is 2.59 bits per heavy atom. The first kappa shape index (κ1) is 18.8. The molecule has 0 aliphatic heterocycles. The Hall–Kier alpha value is -2.94. The lowest BCUT2D eigenvalue weighted by atomic mass is 10.2. The molecule has 0 fully saturated rings. The lowest BCUT2D eigenvalue weighted by molar-refractivity contribution is -0.137. The molecule has 3 rings (SSSR count). The van der Waals surface area contributed by atoms with Crippen LogP contribution in [0.5, 0.6) is 0 Å². The number of benzene rings is 1. The van der Waals surface area contributed by atoms with Gasteiger partial charge in [-0.1, -0.05) is 0 Å². The number of thiazole rings is 1. The number of nitrogens with one attached hydrogen (secondary N) is 2. The molecule has 2 aromatic heterocycles. The summed E-state index contributed by atoms with van der Waals surface area (Å²) in [5.74, 6) is 0.297. The maximum Gasteiger partial charge on any atom is 0.416 e. The first-order valence-electron chi connectivity index (χ1n) is 7.91. The molecule has 2 N–H and O–H groups in total. The van der Waals surface area contributed by atoms with E-state index in [1.807, 2.05) is 19.1 Å². The Labute approximate surface area is 157 Å². The normalized spacial score (nSPS) is 11.3. The molecule has 0 saturated carbocycles. The molecule has 0 bridgehead atoms. The van der Waals surface area contributed by atoms with E-state index in [0.717, 1.165) is 17.7 Å². The van der Waals surface area contributed by atoms with E-state index in [-0.39, 0.29) is 12.3 Å². The molecule has 0 spiro atoms. The van der Waals surface area contributed by atoms with Crippen molar-refractivity contribution in [1.82, 2.24) is 9.97 Å². The van der Waals surface area contributed by atoms with Crippen LogP contribution in [-0.2, 0) is 17.4 Å². The minimum Gasteiger partial charge on any atom is -0.326 e. The second-order valence-electron chi connectivity index (χ2n) is 5.79. The SMILES string of the molecule is Cc1ccnc(Nc2nc(CC(=O)Nc3ccc(C(F)(F)F)cc3)cs2)c1. The van der Waals surface area contributed by atoms with Gasteiger partial charge in [0.1, 0.15) is 5.82 Å². The topological polar surface area (TPSA) is 66.9 Å². The van der Waals surface area contributed by atoms with Crippen molar-refractivity contribution in [3.8, 4) is 0 Å². The summed E-state index contributed by atoms with van der Waals surface area (Å²) in [5, 5.41) is 7.97. The summed E-state index contributed by atoms with van der Waals surface area (Å²) in [6.45, 7) is 1.95. The summed E-state index contributed by atoms with van der Waals surface area (Å²) in [4.78, 5) is 20.6. The number of aromatic nitrogens is 2. The van der Waals surface area contributed by atoms with E-state index < -0.39 is 11.7 Å². The van der Waals surface area contributed by atoms with Crippen LogP contribution in [0.15, 0.2) is 48.0 Å². The Balaban J connectivity index is 1.57. The molecule has 3 aromatic rings. The summed E-state index contributed by atoms with van der Waals surface area (Å²) in [6.07, 6.45) is -2.71. The van der Waals surface area contributed by atoms with Crippen LogP contribution in [0.3, 0.4) is 0 Å². The molecular weight excluding hydrogens is 377 g/mol. The molecule has 0 saturated heterocycles. The van der Waals surface area contributed by atoms with Crippen LogP contribution >= 0.6 is 11.3 Å². The van der Waals surface area contributed by atoms with Crippen molar-refractivity contribution in [2.75, 3.05) is 10.6 Å². The molecule has 1 amide bonds. The van der Waals surface area contributed by atoms with E-state index in [1.165, 1.54) is 23.5 Å². The van der Waals surface area contributed by atoms with E-state index in [1.54, 1.807) is 11.6 Å². The number of pyridine rings is 1. The van der Waals surface area contributed by atoms with Gasteiger partial charge in [-0.15, -0.1) is 11.3 Å². The fourth-order valence-corrected chi connectivity index (χ4v) is 2.99. The average Bonchev–Trinajstić information content (AvgIpc) is 3.01. The average molecular weight is 392 g/mol. The predicted molar refractivity (Wildman–Crippen MR) is 98.1 cm³/mol. The highest BCUT2D eigenvalue weighted by Gasteiger charge is 2.29. The van der Waals surface area contributed by atoms with Crippen molar-refractivity contribution in [3.05, 3.63) is 64.8 Å². The summed E-state index contributed by atoms with van der Waals surface area (Å²) < 4.78 is 37.6. The number of carbonyl (C=O) groups is 1. The summed E-state index contributed by atoms with van der Waals surface area (Å²) in [6, 6.07) is 8.05. The number of hydrogen-bond acceptors (Lipinski definition) is 5. The fourth-order valence-electron chi connectivity index (χ4n) is 2.27. The van der Waals surface area contributed by atoms with Gasteiger partial charge in [0.2, 0.25) is 5.91 Å². The van der Waals surface area contributed by atoms with Crippen LogP contribution in [-0.4, -0.2) is 15.9 Å². The lowest BCUT2D eigenvalue weighted by Gasteiger charge is -2.08. The zero-order chi connectivity index (χ0) is 19.4.